The molecule has 18 heavy (non-hydrogen) atoms. The molecule has 0 aliphatic heterocycles. The van der Waals surface area contributed by atoms with Crippen molar-refractivity contribution in [1.29, 1.82) is 0 Å². The quantitative estimate of drug-likeness (QED) is 0.572. The number of carbonyl (C=O) groups is 1. The molecule has 0 fully saturated rings. The second-order valence-corrected chi connectivity index (χ2v) is 3.71. The van der Waals surface area contributed by atoms with Crippen molar-refractivity contribution in [1.82, 2.24) is 14.5 Å². The minimum absolute atomic E-state index is 0.121. The van der Waals surface area contributed by atoms with Crippen molar-refractivity contribution >= 4 is 5.78 Å². The summed E-state index contributed by atoms with van der Waals surface area (Å²) in [6, 6.07) is 3.47. The summed E-state index contributed by atoms with van der Waals surface area (Å²) in [4.78, 5) is 20.2. The number of carbonyl (C=O) groups excluding carboxylic acids is 1. The van der Waals surface area contributed by atoms with Gasteiger partial charge in [0.1, 0.15) is 0 Å². The third-order valence-electron chi connectivity index (χ3n) is 2.52. The summed E-state index contributed by atoms with van der Waals surface area (Å²) < 4.78 is 7.07. The number of imidazole rings is 1. The van der Waals surface area contributed by atoms with E-state index >= 15 is 0 Å². The second kappa shape index (κ2) is 6.07. The number of aromatic nitrogens is 3. The van der Waals surface area contributed by atoms with Crippen molar-refractivity contribution in [3.63, 3.8) is 0 Å². The topological polar surface area (TPSA) is 57.0 Å². The molecular weight excluding hydrogens is 230 g/mol. The minimum atomic E-state index is -0.121. The van der Waals surface area contributed by atoms with Gasteiger partial charge in [0.05, 0.1) is 6.61 Å². The first kappa shape index (κ1) is 12.4. The first-order valence-electron chi connectivity index (χ1n) is 5.86. The lowest BCUT2D eigenvalue weighted by Crippen LogP contribution is -2.14. The van der Waals surface area contributed by atoms with Crippen LogP contribution in [0.1, 0.15) is 23.1 Å². The van der Waals surface area contributed by atoms with E-state index in [0.29, 0.717) is 31.1 Å². The molecule has 2 rings (SSSR count). The van der Waals surface area contributed by atoms with Gasteiger partial charge in [-0.25, -0.2) is 4.98 Å². The average molecular weight is 245 g/mol. The van der Waals surface area contributed by atoms with Crippen molar-refractivity contribution in [2.45, 2.75) is 13.5 Å². The van der Waals surface area contributed by atoms with Gasteiger partial charge in [0.25, 0.3) is 0 Å². The number of hydrogen-bond acceptors (Lipinski definition) is 4. The fourth-order valence-corrected chi connectivity index (χ4v) is 1.63. The molecule has 2 aromatic heterocycles. The monoisotopic (exact) mass is 245 g/mol. The fourth-order valence-electron chi connectivity index (χ4n) is 1.63. The van der Waals surface area contributed by atoms with Gasteiger partial charge in [0.15, 0.2) is 5.82 Å². The van der Waals surface area contributed by atoms with Gasteiger partial charge in [-0.2, -0.15) is 0 Å². The summed E-state index contributed by atoms with van der Waals surface area (Å²) in [6.07, 6.45) is 6.58. The molecule has 0 amide bonds. The highest BCUT2D eigenvalue weighted by atomic mass is 16.5. The van der Waals surface area contributed by atoms with Crippen LogP contribution in [0.25, 0.3) is 0 Å². The first-order valence-corrected chi connectivity index (χ1v) is 5.86. The Labute approximate surface area is 105 Å². The molecule has 0 aliphatic rings. The van der Waals surface area contributed by atoms with E-state index in [9.17, 15) is 4.79 Å². The molecule has 0 bridgehead atoms. The average Bonchev–Trinajstić information content (AvgIpc) is 2.88. The molecule has 5 heteroatoms. The van der Waals surface area contributed by atoms with Gasteiger partial charge in [-0.05, 0) is 19.1 Å². The third-order valence-corrected chi connectivity index (χ3v) is 2.52. The van der Waals surface area contributed by atoms with Crippen LogP contribution in [-0.2, 0) is 11.3 Å². The lowest BCUT2D eigenvalue weighted by Gasteiger charge is -2.06. The van der Waals surface area contributed by atoms with E-state index in [2.05, 4.69) is 9.97 Å². The van der Waals surface area contributed by atoms with Gasteiger partial charge >= 0.3 is 0 Å². The molecule has 2 aromatic rings. The Balaban J connectivity index is 2.14. The van der Waals surface area contributed by atoms with Gasteiger partial charge in [-0.15, -0.1) is 0 Å². The van der Waals surface area contributed by atoms with Crippen molar-refractivity contribution in [2.75, 3.05) is 13.2 Å². The Hall–Kier alpha value is -2.01. The summed E-state index contributed by atoms with van der Waals surface area (Å²) in [5.74, 6) is 0.298. The van der Waals surface area contributed by atoms with Gasteiger partial charge in [-0.3, -0.25) is 9.78 Å². The highest BCUT2D eigenvalue weighted by molar-refractivity contribution is 6.06. The molecule has 5 nitrogen and oxygen atoms in total. The van der Waals surface area contributed by atoms with E-state index in [0.717, 1.165) is 0 Å². The first-order chi connectivity index (χ1) is 8.83. The second-order valence-electron chi connectivity index (χ2n) is 3.71. The van der Waals surface area contributed by atoms with E-state index in [1.807, 2.05) is 6.92 Å². The third kappa shape index (κ3) is 2.81. The number of ketones is 1. The lowest BCUT2D eigenvalue weighted by molar-refractivity contribution is 0.101. The summed E-state index contributed by atoms with van der Waals surface area (Å²) in [7, 11) is 0. The smallest absolute Gasteiger partial charge is 0.229 e. The van der Waals surface area contributed by atoms with E-state index < -0.39 is 0 Å². The maximum Gasteiger partial charge on any atom is 0.229 e. The Kier molecular flexibility index (Phi) is 4.20. The molecule has 0 atom stereocenters. The molecule has 2 heterocycles. The zero-order valence-electron chi connectivity index (χ0n) is 10.2. The van der Waals surface area contributed by atoms with Gasteiger partial charge < -0.3 is 9.30 Å². The zero-order chi connectivity index (χ0) is 12.8. The van der Waals surface area contributed by atoms with Crippen LogP contribution in [0.3, 0.4) is 0 Å². The van der Waals surface area contributed by atoms with Crippen molar-refractivity contribution in [2.24, 2.45) is 0 Å². The molecule has 0 N–H and O–H groups in total. The van der Waals surface area contributed by atoms with Crippen molar-refractivity contribution in [3.05, 3.63) is 48.3 Å². The predicted octanol–water partition coefficient (Wildman–Crippen LogP) is 1.55. The molecule has 0 aromatic carbocycles. The van der Waals surface area contributed by atoms with Gasteiger partial charge in [0, 0.05) is 43.5 Å². The number of nitrogens with zero attached hydrogens (tertiary/aromatic N) is 3. The van der Waals surface area contributed by atoms with Crippen LogP contribution in [0.15, 0.2) is 36.9 Å². The molecular formula is C13H15N3O2. The summed E-state index contributed by atoms with van der Waals surface area (Å²) >= 11 is 0. The molecule has 94 valence electrons. The molecule has 0 spiro atoms. The summed E-state index contributed by atoms with van der Waals surface area (Å²) in [5, 5.41) is 0. The molecule has 0 radical (unpaired) electrons. The van der Waals surface area contributed by atoms with Crippen LogP contribution >= 0.6 is 0 Å². The molecule has 0 saturated heterocycles. The Morgan fingerprint density at radius 1 is 1.44 bits per heavy atom. The van der Waals surface area contributed by atoms with Crippen LogP contribution in [0.5, 0.6) is 0 Å². The normalized spacial score (nSPS) is 10.5. The summed E-state index contributed by atoms with van der Waals surface area (Å²) in [6.45, 7) is 3.80. The van der Waals surface area contributed by atoms with Crippen LogP contribution in [-0.4, -0.2) is 33.5 Å². The van der Waals surface area contributed by atoms with E-state index in [1.54, 1.807) is 41.5 Å². The van der Waals surface area contributed by atoms with E-state index in [4.69, 9.17) is 4.74 Å². The lowest BCUT2D eigenvalue weighted by atomic mass is 10.2. The maximum absolute atomic E-state index is 12.2. The van der Waals surface area contributed by atoms with Crippen LogP contribution < -0.4 is 0 Å². The Morgan fingerprint density at radius 3 is 3.06 bits per heavy atom. The highest BCUT2D eigenvalue weighted by Crippen LogP contribution is 2.07. The zero-order valence-corrected chi connectivity index (χ0v) is 10.2. The maximum atomic E-state index is 12.2. The van der Waals surface area contributed by atoms with Gasteiger partial charge in [-0.1, -0.05) is 0 Å². The predicted molar refractivity (Wildman–Crippen MR) is 66.4 cm³/mol. The molecule has 0 aliphatic carbocycles. The number of hydrogen-bond donors (Lipinski definition) is 0. The van der Waals surface area contributed by atoms with Crippen LogP contribution in [0.4, 0.5) is 0 Å². The SMILES string of the molecule is CCOCCn1ccnc1C(=O)c1cccnc1. The minimum Gasteiger partial charge on any atom is -0.380 e. The van der Waals surface area contributed by atoms with E-state index in [-0.39, 0.29) is 5.78 Å². The molecule has 0 unspecified atom stereocenters. The van der Waals surface area contributed by atoms with Crippen molar-refractivity contribution in [3.8, 4) is 0 Å². The van der Waals surface area contributed by atoms with Gasteiger partial charge in [0.2, 0.25) is 5.78 Å². The molecule has 0 saturated carbocycles. The Bertz CT molecular complexity index is 508. The number of rotatable bonds is 6. The van der Waals surface area contributed by atoms with E-state index in [1.165, 1.54) is 0 Å². The van der Waals surface area contributed by atoms with Crippen molar-refractivity contribution < 1.29 is 9.53 Å². The Morgan fingerprint density at radius 2 is 2.33 bits per heavy atom. The standard InChI is InChI=1S/C13H15N3O2/c1-2-18-9-8-16-7-6-15-13(16)12(17)11-4-3-5-14-10-11/h3-7,10H,2,8-9H2,1H3. The van der Waals surface area contributed by atoms with Crippen LogP contribution in [0.2, 0.25) is 0 Å². The van der Waals surface area contributed by atoms with Crippen LogP contribution in [0, 0.1) is 0 Å². The fraction of sp³-hybridized carbons (Fsp3) is 0.308. The highest BCUT2D eigenvalue weighted by Gasteiger charge is 2.14. The largest absolute Gasteiger partial charge is 0.380 e. The number of pyridine rings is 1. The number of ether oxygens (including phenoxy) is 1. The summed E-state index contributed by atoms with van der Waals surface area (Å²) in [5.41, 5.74) is 0.543.